The van der Waals surface area contributed by atoms with Crippen LogP contribution in [-0.2, 0) is 0 Å². The Kier molecular flexibility index (Phi) is 7.52. The third-order valence-electron chi connectivity index (χ3n) is 3.69. The first kappa shape index (κ1) is 22.6. The minimum Gasteiger partial charge on any atom is -0.497 e. The minimum atomic E-state index is -4.54. The second kappa shape index (κ2) is 9.66. The fraction of sp³-hybridized carbons (Fsp3) is 0.333. The molecule has 1 heterocycles. The number of carbonyl (C=O) groups excluding carboxylic acids is 1. The molecule has 2 aromatic rings. The summed E-state index contributed by atoms with van der Waals surface area (Å²) in [6.45, 7) is -1.73. The molecule has 0 aliphatic heterocycles. The van der Waals surface area contributed by atoms with E-state index in [1.54, 1.807) is 18.2 Å². The number of nitrogens with zero attached hydrogens (tertiary/aromatic N) is 1. The highest BCUT2D eigenvalue weighted by Gasteiger charge is 2.29. The quantitative estimate of drug-likeness (QED) is 0.663. The van der Waals surface area contributed by atoms with Gasteiger partial charge in [0, 0.05) is 18.3 Å². The van der Waals surface area contributed by atoms with Crippen molar-refractivity contribution in [3.05, 3.63) is 46.6 Å². The fourth-order valence-corrected chi connectivity index (χ4v) is 2.53. The van der Waals surface area contributed by atoms with Gasteiger partial charge in [-0.2, -0.15) is 13.2 Å². The standard InChI is InChI=1S/C18H18ClF3N2O5/c1-27-11-3-4-15(28-2)12(6-11)14(25)8-23-16(26)10-5-13(19)17(24-7-10)29-9-18(20,21)22/h3-7,14,25H,8-9H2,1-2H3,(H,23,26). The maximum Gasteiger partial charge on any atom is 0.422 e. The number of pyridine rings is 1. The van der Waals surface area contributed by atoms with Crippen LogP contribution in [0, 0.1) is 0 Å². The van der Waals surface area contributed by atoms with Gasteiger partial charge in [-0.1, -0.05) is 11.6 Å². The maximum atomic E-state index is 12.2. The molecular weight excluding hydrogens is 417 g/mol. The van der Waals surface area contributed by atoms with E-state index in [1.807, 2.05) is 0 Å². The van der Waals surface area contributed by atoms with Gasteiger partial charge in [0.2, 0.25) is 5.88 Å². The summed E-state index contributed by atoms with van der Waals surface area (Å²) in [5.41, 5.74) is 0.387. The second-order valence-electron chi connectivity index (χ2n) is 5.75. The number of aromatic nitrogens is 1. The van der Waals surface area contributed by atoms with E-state index in [0.29, 0.717) is 17.1 Å². The van der Waals surface area contributed by atoms with Gasteiger partial charge in [-0.25, -0.2) is 4.98 Å². The van der Waals surface area contributed by atoms with Crippen molar-refractivity contribution in [3.8, 4) is 17.4 Å². The molecule has 11 heteroatoms. The highest BCUT2D eigenvalue weighted by atomic mass is 35.5. The Hall–Kier alpha value is -2.72. The van der Waals surface area contributed by atoms with E-state index in [2.05, 4.69) is 15.0 Å². The zero-order chi connectivity index (χ0) is 21.6. The molecule has 1 aromatic heterocycles. The molecule has 0 saturated heterocycles. The van der Waals surface area contributed by atoms with Crippen LogP contribution < -0.4 is 19.5 Å². The lowest BCUT2D eigenvalue weighted by Crippen LogP contribution is -2.28. The van der Waals surface area contributed by atoms with E-state index in [4.69, 9.17) is 21.1 Å². The first-order valence-corrected chi connectivity index (χ1v) is 8.55. The van der Waals surface area contributed by atoms with Crippen molar-refractivity contribution in [3.63, 3.8) is 0 Å². The van der Waals surface area contributed by atoms with Crippen LogP contribution in [-0.4, -0.2) is 49.5 Å². The summed E-state index contributed by atoms with van der Waals surface area (Å²) in [7, 11) is 2.91. The first-order valence-electron chi connectivity index (χ1n) is 8.18. The molecule has 1 amide bonds. The van der Waals surface area contributed by atoms with Crippen LogP contribution in [0.25, 0.3) is 0 Å². The van der Waals surface area contributed by atoms with Gasteiger partial charge >= 0.3 is 6.18 Å². The number of amides is 1. The summed E-state index contributed by atoms with van der Waals surface area (Å²) in [5, 5.41) is 12.6. The number of rotatable bonds is 8. The fourth-order valence-electron chi connectivity index (χ4n) is 2.31. The minimum absolute atomic E-state index is 0.0147. The Morgan fingerprint density at radius 2 is 2.00 bits per heavy atom. The molecule has 1 aromatic carbocycles. The first-order chi connectivity index (χ1) is 13.6. The Morgan fingerprint density at radius 1 is 1.28 bits per heavy atom. The number of benzene rings is 1. The number of aliphatic hydroxyl groups excluding tert-OH is 1. The van der Waals surface area contributed by atoms with Crippen LogP contribution in [0.2, 0.25) is 5.02 Å². The number of nitrogens with one attached hydrogen (secondary N) is 1. The van der Waals surface area contributed by atoms with E-state index in [9.17, 15) is 23.1 Å². The van der Waals surface area contributed by atoms with Crippen LogP contribution in [0.4, 0.5) is 13.2 Å². The average Bonchev–Trinajstić information content (AvgIpc) is 2.69. The predicted octanol–water partition coefficient (Wildman–Crippen LogP) is 3.16. The molecule has 0 radical (unpaired) electrons. The molecule has 0 aliphatic rings. The summed E-state index contributed by atoms with van der Waals surface area (Å²) >= 11 is 5.82. The van der Waals surface area contributed by atoms with E-state index < -0.39 is 30.7 Å². The van der Waals surface area contributed by atoms with Gasteiger partial charge in [0.25, 0.3) is 5.91 Å². The monoisotopic (exact) mass is 434 g/mol. The van der Waals surface area contributed by atoms with Crippen molar-refractivity contribution in [1.29, 1.82) is 0 Å². The van der Waals surface area contributed by atoms with E-state index in [-0.39, 0.29) is 17.1 Å². The maximum absolute atomic E-state index is 12.2. The Bertz CT molecular complexity index is 864. The number of hydrogen-bond acceptors (Lipinski definition) is 6. The molecule has 29 heavy (non-hydrogen) atoms. The number of ether oxygens (including phenoxy) is 3. The van der Waals surface area contributed by atoms with Crippen LogP contribution in [0.5, 0.6) is 17.4 Å². The van der Waals surface area contributed by atoms with Crippen molar-refractivity contribution in [2.24, 2.45) is 0 Å². The van der Waals surface area contributed by atoms with Gasteiger partial charge in [0.15, 0.2) is 6.61 Å². The molecule has 7 nitrogen and oxygen atoms in total. The summed E-state index contributed by atoms with van der Waals surface area (Å²) in [4.78, 5) is 15.9. The van der Waals surface area contributed by atoms with Gasteiger partial charge in [0.05, 0.1) is 19.8 Å². The third-order valence-corrected chi connectivity index (χ3v) is 3.96. The van der Waals surface area contributed by atoms with Gasteiger partial charge in [-0.05, 0) is 24.3 Å². The van der Waals surface area contributed by atoms with Crippen molar-refractivity contribution in [2.45, 2.75) is 12.3 Å². The van der Waals surface area contributed by atoms with Gasteiger partial charge in [0.1, 0.15) is 22.6 Å². The Morgan fingerprint density at radius 3 is 2.59 bits per heavy atom. The van der Waals surface area contributed by atoms with Crippen LogP contribution in [0.3, 0.4) is 0 Å². The lowest BCUT2D eigenvalue weighted by atomic mass is 10.1. The number of aliphatic hydroxyl groups is 1. The predicted molar refractivity (Wildman–Crippen MR) is 97.6 cm³/mol. The van der Waals surface area contributed by atoms with Crippen molar-refractivity contribution in [1.82, 2.24) is 10.3 Å². The number of halogens is 4. The molecule has 0 bridgehead atoms. The molecule has 1 atom stereocenters. The molecule has 158 valence electrons. The molecule has 2 N–H and O–H groups in total. The zero-order valence-corrected chi connectivity index (χ0v) is 16.2. The summed E-state index contributed by atoms with van der Waals surface area (Å²) < 4.78 is 51.4. The lowest BCUT2D eigenvalue weighted by molar-refractivity contribution is -0.154. The van der Waals surface area contributed by atoms with Gasteiger partial charge in [-0.15, -0.1) is 0 Å². The summed E-state index contributed by atoms with van der Waals surface area (Å²) in [6, 6.07) is 5.96. The largest absolute Gasteiger partial charge is 0.497 e. The Labute approximate surface area is 169 Å². The normalized spacial score (nSPS) is 12.2. The molecule has 2 rings (SSSR count). The van der Waals surface area contributed by atoms with Crippen LogP contribution >= 0.6 is 11.6 Å². The summed E-state index contributed by atoms with van der Waals surface area (Å²) in [6.07, 6.45) is -4.63. The highest BCUT2D eigenvalue weighted by Crippen LogP contribution is 2.29. The van der Waals surface area contributed by atoms with Crippen molar-refractivity contribution in [2.75, 3.05) is 27.4 Å². The second-order valence-corrected chi connectivity index (χ2v) is 6.16. The lowest BCUT2D eigenvalue weighted by Gasteiger charge is -2.16. The smallest absolute Gasteiger partial charge is 0.422 e. The third kappa shape index (κ3) is 6.40. The number of hydrogen-bond donors (Lipinski definition) is 2. The molecule has 0 aliphatic carbocycles. The molecule has 1 unspecified atom stereocenters. The molecule has 0 saturated carbocycles. The molecule has 0 spiro atoms. The Balaban J connectivity index is 2.03. The number of carbonyl (C=O) groups is 1. The van der Waals surface area contributed by atoms with Gasteiger partial charge in [-0.3, -0.25) is 4.79 Å². The number of methoxy groups -OCH3 is 2. The average molecular weight is 435 g/mol. The van der Waals surface area contributed by atoms with Gasteiger partial charge < -0.3 is 24.6 Å². The highest BCUT2D eigenvalue weighted by molar-refractivity contribution is 6.32. The molecule has 0 fully saturated rings. The van der Waals surface area contributed by atoms with E-state index in [0.717, 1.165) is 12.3 Å². The zero-order valence-electron chi connectivity index (χ0n) is 15.4. The van der Waals surface area contributed by atoms with Crippen molar-refractivity contribution < 1.29 is 37.3 Å². The van der Waals surface area contributed by atoms with Crippen LogP contribution in [0.1, 0.15) is 22.0 Å². The topological polar surface area (TPSA) is 89.9 Å². The molecular formula is C18H18ClF3N2O5. The van der Waals surface area contributed by atoms with Crippen LogP contribution in [0.15, 0.2) is 30.5 Å². The SMILES string of the molecule is COc1ccc(OC)c(C(O)CNC(=O)c2cnc(OCC(F)(F)F)c(Cl)c2)c1. The van der Waals surface area contributed by atoms with E-state index >= 15 is 0 Å². The summed E-state index contributed by atoms with van der Waals surface area (Å²) in [5.74, 6) is -0.176. The van der Waals surface area contributed by atoms with Crippen molar-refractivity contribution >= 4 is 17.5 Å². The number of alkyl halides is 3. The van der Waals surface area contributed by atoms with E-state index in [1.165, 1.54) is 14.2 Å².